The average Bonchev–Trinajstić information content (AvgIpc) is 2.28. The molecule has 0 aliphatic heterocycles. The quantitative estimate of drug-likeness (QED) is 0.622. The van der Waals surface area contributed by atoms with Crippen molar-refractivity contribution < 1.29 is 9.53 Å². The molecule has 0 radical (unpaired) electrons. The van der Waals surface area contributed by atoms with Crippen molar-refractivity contribution in [3.8, 4) is 0 Å². The molecule has 2 heteroatoms. The highest BCUT2D eigenvalue weighted by atomic mass is 16.5. The minimum absolute atomic E-state index is 0.146. The summed E-state index contributed by atoms with van der Waals surface area (Å²) >= 11 is 0. The van der Waals surface area contributed by atoms with E-state index in [1.807, 2.05) is 6.92 Å². The minimum Gasteiger partial charge on any atom is -0.381 e. The van der Waals surface area contributed by atoms with Crippen molar-refractivity contribution in [1.29, 1.82) is 0 Å². The van der Waals surface area contributed by atoms with E-state index in [0.717, 1.165) is 26.1 Å². The van der Waals surface area contributed by atoms with Gasteiger partial charge in [-0.1, -0.05) is 6.92 Å². The van der Waals surface area contributed by atoms with E-state index in [9.17, 15) is 4.79 Å². The third-order valence-electron chi connectivity index (χ3n) is 2.29. The molecule has 1 aliphatic carbocycles. The lowest BCUT2D eigenvalue weighted by molar-refractivity contribution is -0.118. The lowest BCUT2D eigenvalue weighted by Crippen LogP contribution is -2.19. The van der Waals surface area contributed by atoms with E-state index in [4.69, 9.17) is 4.74 Å². The maximum Gasteiger partial charge on any atom is 0.133 e. The summed E-state index contributed by atoms with van der Waals surface area (Å²) in [5.74, 6) is 0.396. The first kappa shape index (κ1) is 8.72. The normalized spacial score (nSPS) is 31.3. The Kier molecular flexibility index (Phi) is 2.66. The summed E-state index contributed by atoms with van der Waals surface area (Å²) in [5.41, 5.74) is 0.146. The summed E-state index contributed by atoms with van der Waals surface area (Å²) in [7, 11) is 0. The summed E-state index contributed by atoms with van der Waals surface area (Å²) in [4.78, 5) is 11.0. The van der Waals surface area contributed by atoms with Crippen LogP contribution in [0.15, 0.2) is 0 Å². The topological polar surface area (TPSA) is 26.3 Å². The zero-order chi connectivity index (χ0) is 8.32. The molecule has 0 aromatic heterocycles. The Labute approximate surface area is 67.9 Å². The lowest BCUT2D eigenvalue weighted by Gasteiger charge is -2.21. The highest BCUT2D eigenvalue weighted by molar-refractivity contribution is 5.81. The molecule has 1 aliphatic rings. The SMILES string of the molecule is CCOCC1(C)CCC(=O)C1. The van der Waals surface area contributed by atoms with Crippen LogP contribution in [0.25, 0.3) is 0 Å². The van der Waals surface area contributed by atoms with Gasteiger partial charge in [-0.05, 0) is 18.8 Å². The second-order valence-electron chi connectivity index (χ2n) is 3.66. The first-order valence-corrected chi connectivity index (χ1v) is 4.26. The Morgan fingerprint density at radius 1 is 1.64 bits per heavy atom. The van der Waals surface area contributed by atoms with Gasteiger partial charge in [-0.2, -0.15) is 0 Å². The molecule has 0 bridgehead atoms. The molecule has 0 heterocycles. The molecular formula is C9H16O2. The number of ether oxygens (including phenoxy) is 1. The Hall–Kier alpha value is -0.370. The van der Waals surface area contributed by atoms with Gasteiger partial charge in [0.15, 0.2) is 0 Å². The van der Waals surface area contributed by atoms with Crippen LogP contribution in [0, 0.1) is 5.41 Å². The summed E-state index contributed by atoms with van der Waals surface area (Å²) in [6.07, 6.45) is 2.47. The third-order valence-corrected chi connectivity index (χ3v) is 2.29. The molecule has 1 rings (SSSR count). The zero-order valence-electron chi connectivity index (χ0n) is 7.35. The fourth-order valence-electron chi connectivity index (χ4n) is 1.57. The number of hydrogen-bond acceptors (Lipinski definition) is 2. The van der Waals surface area contributed by atoms with E-state index in [-0.39, 0.29) is 5.41 Å². The summed E-state index contributed by atoms with van der Waals surface area (Å²) in [6.45, 7) is 5.62. The Balaban J connectivity index is 2.35. The van der Waals surface area contributed by atoms with E-state index in [1.165, 1.54) is 0 Å². The van der Waals surface area contributed by atoms with Crippen molar-refractivity contribution in [2.24, 2.45) is 5.41 Å². The molecular weight excluding hydrogens is 140 g/mol. The fraction of sp³-hybridized carbons (Fsp3) is 0.889. The van der Waals surface area contributed by atoms with Gasteiger partial charge in [-0.3, -0.25) is 4.79 Å². The second kappa shape index (κ2) is 3.35. The number of rotatable bonds is 3. The lowest BCUT2D eigenvalue weighted by atomic mass is 9.90. The molecule has 2 nitrogen and oxygen atoms in total. The Morgan fingerprint density at radius 3 is 2.82 bits per heavy atom. The van der Waals surface area contributed by atoms with Gasteiger partial charge >= 0.3 is 0 Å². The molecule has 0 aromatic carbocycles. The molecule has 0 amide bonds. The standard InChI is InChI=1S/C9H16O2/c1-3-11-7-9(2)5-4-8(10)6-9/h3-7H2,1-2H3. The van der Waals surface area contributed by atoms with E-state index in [1.54, 1.807) is 0 Å². The van der Waals surface area contributed by atoms with Crippen LogP contribution in [-0.4, -0.2) is 19.0 Å². The Bertz CT molecular complexity index is 154. The average molecular weight is 156 g/mol. The summed E-state index contributed by atoms with van der Waals surface area (Å²) in [5, 5.41) is 0. The number of carbonyl (C=O) groups excluding carboxylic acids is 1. The molecule has 1 saturated carbocycles. The second-order valence-corrected chi connectivity index (χ2v) is 3.66. The van der Waals surface area contributed by atoms with Crippen molar-refractivity contribution in [3.63, 3.8) is 0 Å². The predicted octanol–water partition coefficient (Wildman–Crippen LogP) is 1.78. The summed E-state index contributed by atoms with van der Waals surface area (Å²) < 4.78 is 5.32. The predicted molar refractivity (Wildman–Crippen MR) is 43.5 cm³/mol. The van der Waals surface area contributed by atoms with Crippen LogP contribution in [0.1, 0.15) is 33.1 Å². The van der Waals surface area contributed by atoms with Crippen LogP contribution in [-0.2, 0) is 9.53 Å². The van der Waals surface area contributed by atoms with Gasteiger partial charge in [0.25, 0.3) is 0 Å². The van der Waals surface area contributed by atoms with Crippen LogP contribution in [0.5, 0.6) is 0 Å². The molecule has 1 fully saturated rings. The third kappa shape index (κ3) is 2.29. The highest BCUT2D eigenvalue weighted by Crippen LogP contribution is 2.35. The van der Waals surface area contributed by atoms with E-state index < -0.39 is 0 Å². The van der Waals surface area contributed by atoms with Crippen molar-refractivity contribution in [2.75, 3.05) is 13.2 Å². The van der Waals surface area contributed by atoms with E-state index >= 15 is 0 Å². The van der Waals surface area contributed by atoms with Crippen LogP contribution in [0.2, 0.25) is 0 Å². The van der Waals surface area contributed by atoms with Gasteiger partial charge in [0.2, 0.25) is 0 Å². The Morgan fingerprint density at radius 2 is 2.36 bits per heavy atom. The van der Waals surface area contributed by atoms with Crippen molar-refractivity contribution in [1.82, 2.24) is 0 Å². The van der Waals surface area contributed by atoms with Gasteiger partial charge in [0.05, 0.1) is 6.61 Å². The molecule has 0 saturated heterocycles. The molecule has 1 unspecified atom stereocenters. The first-order chi connectivity index (χ1) is 5.16. The zero-order valence-corrected chi connectivity index (χ0v) is 7.35. The van der Waals surface area contributed by atoms with Gasteiger partial charge in [0.1, 0.15) is 5.78 Å². The van der Waals surface area contributed by atoms with Crippen LogP contribution < -0.4 is 0 Å². The van der Waals surface area contributed by atoms with Crippen molar-refractivity contribution in [3.05, 3.63) is 0 Å². The van der Waals surface area contributed by atoms with Crippen LogP contribution >= 0.6 is 0 Å². The number of Topliss-reactive ketones (excluding diaryl/α,β-unsaturated/α-hetero) is 1. The van der Waals surface area contributed by atoms with Gasteiger partial charge in [-0.25, -0.2) is 0 Å². The molecule has 0 aromatic rings. The summed E-state index contributed by atoms with van der Waals surface area (Å²) in [6, 6.07) is 0. The fourth-order valence-corrected chi connectivity index (χ4v) is 1.57. The molecule has 0 spiro atoms. The molecule has 0 N–H and O–H groups in total. The minimum atomic E-state index is 0.146. The molecule has 1 atom stereocenters. The smallest absolute Gasteiger partial charge is 0.133 e. The van der Waals surface area contributed by atoms with E-state index in [2.05, 4.69) is 6.92 Å². The highest BCUT2D eigenvalue weighted by Gasteiger charge is 2.33. The van der Waals surface area contributed by atoms with Crippen molar-refractivity contribution >= 4 is 5.78 Å². The number of ketones is 1. The van der Waals surface area contributed by atoms with Gasteiger partial charge < -0.3 is 4.74 Å². The maximum absolute atomic E-state index is 11.0. The van der Waals surface area contributed by atoms with Gasteiger partial charge in [-0.15, -0.1) is 0 Å². The van der Waals surface area contributed by atoms with Crippen LogP contribution in [0.3, 0.4) is 0 Å². The molecule has 11 heavy (non-hydrogen) atoms. The van der Waals surface area contributed by atoms with Gasteiger partial charge in [0, 0.05) is 19.4 Å². The van der Waals surface area contributed by atoms with Crippen LogP contribution in [0.4, 0.5) is 0 Å². The largest absolute Gasteiger partial charge is 0.381 e. The number of hydrogen-bond donors (Lipinski definition) is 0. The van der Waals surface area contributed by atoms with E-state index in [0.29, 0.717) is 12.2 Å². The monoisotopic (exact) mass is 156 g/mol. The first-order valence-electron chi connectivity index (χ1n) is 4.26. The number of carbonyl (C=O) groups is 1. The molecule has 64 valence electrons. The maximum atomic E-state index is 11.0. The van der Waals surface area contributed by atoms with Crippen molar-refractivity contribution in [2.45, 2.75) is 33.1 Å².